The minimum atomic E-state index is -0.144. The molecule has 1 atom stereocenters. The molecule has 130 valence electrons. The molecule has 2 N–H and O–H groups in total. The molecule has 8 heteroatoms. The summed E-state index contributed by atoms with van der Waals surface area (Å²) in [5.74, 6) is 0.100. The molecule has 1 aliphatic rings. The van der Waals surface area contributed by atoms with Gasteiger partial charge < -0.3 is 15.4 Å². The number of amides is 1. The highest BCUT2D eigenvalue weighted by molar-refractivity contribution is 8.02. The highest BCUT2D eigenvalue weighted by atomic mass is 32.2. The van der Waals surface area contributed by atoms with Crippen molar-refractivity contribution in [3.8, 4) is 0 Å². The van der Waals surface area contributed by atoms with Gasteiger partial charge >= 0.3 is 0 Å². The lowest BCUT2D eigenvalue weighted by Gasteiger charge is -2.15. The molecule has 1 unspecified atom stereocenters. The largest absolute Gasteiger partial charge is 0.382 e. The van der Waals surface area contributed by atoms with Gasteiger partial charge in [-0.2, -0.15) is 0 Å². The van der Waals surface area contributed by atoms with Crippen molar-refractivity contribution in [2.75, 3.05) is 25.1 Å². The predicted octanol–water partition coefficient (Wildman–Crippen LogP) is 2.92. The van der Waals surface area contributed by atoms with Crippen LogP contribution in [0.15, 0.2) is 4.34 Å². The summed E-state index contributed by atoms with van der Waals surface area (Å²) in [5.41, 5.74) is 0. The Hall–Kier alpha value is -0.860. The maximum atomic E-state index is 12.2. The molecule has 1 amide bonds. The third kappa shape index (κ3) is 6.64. The van der Waals surface area contributed by atoms with Crippen LogP contribution in [0.2, 0.25) is 0 Å². The first-order valence-electron chi connectivity index (χ1n) is 8.31. The van der Waals surface area contributed by atoms with Gasteiger partial charge in [0.1, 0.15) is 0 Å². The molecular formula is C15H26N4O2S2. The second-order valence-electron chi connectivity index (χ2n) is 5.60. The molecule has 1 heterocycles. The van der Waals surface area contributed by atoms with Crippen LogP contribution < -0.4 is 10.6 Å². The number of aromatic nitrogens is 2. The van der Waals surface area contributed by atoms with E-state index in [9.17, 15) is 4.79 Å². The summed E-state index contributed by atoms with van der Waals surface area (Å²) in [7, 11) is 0. The standard InChI is InChI=1S/C15H26N4O2S2/c1-3-21-10-6-9-16-14-18-19-15(23-14)22-11(2)13(20)17-12-7-4-5-8-12/h11-12H,3-10H2,1-2H3,(H,16,18)(H,17,20). The second kappa shape index (κ2) is 10.1. The fourth-order valence-electron chi connectivity index (χ4n) is 2.44. The molecule has 23 heavy (non-hydrogen) atoms. The summed E-state index contributed by atoms with van der Waals surface area (Å²) in [6.45, 7) is 6.23. The Balaban J connectivity index is 1.69. The Morgan fingerprint density at radius 3 is 2.96 bits per heavy atom. The van der Waals surface area contributed by atoms with E-state index in [1.54, 1.807) is 0 Å². The highest BCUT2D eigenvalue weighted by Gasteiger charge is 2.22. The van der Waals surface area contributed by atoms with Gasteiger partial charge in [-0.3, -0.25) is 4.79 Å². The second-order valence-corrected chi connectivity index (χ2v) is 8.17. The molecule has 0 spiro atoms. The van der Waals surface area contributed by atoms with E-state index in [-0.39, 0.29) is 11.2 Å². The first-order valence-corrected chi connectivity index (χ1v) is 10.0. The zero-order valence-electron chi connectivity index (χ0n) is 13.8. The Labute approximate surface area is 146 Å². The average Bonchev–Trinajstić information content (AvgIpc) is 3.19. The summed E-state index contributed by atoms with van der Waals surface area (Å²) in [6, 6.07) is 0.363. The lowest BCUT2D eigenvalue weighted by Crippen LogP contribution is -2.37. The monoisotopic (exact) mass is 358 g/mol. The summed E-state index contributed by atoms with van der Waals surface area (Å²) < 4.78 is 6.11. The van der Waals surface area contributed by atoms with Crippen LogP contribution >= 0.6 is 23.1 Å². The van der Waals surface area contributed by atoms with Crippen molar-refractivity contribution in [1.29, 1.82) is 0 Å². The Bertz CT molecular complexity index is 478. The molecule has 1 saturated carbocycles. The van der Waals surface area contributed by atoms with Crippen LogP contribution in [-0.4, -0.2) is 47.2 Å². The van der Waals surface area contributed by atoms with Gasteiger partial charge in [-0.1, -0.05) is 35.9 Å². The van der Waals surface area contributed by atoms with Crippen molar-refractivity contribution in [2.45, 2.75) is 61.6 Å². The molecule has 1 aromatic rings. The number of carbonyl (C=O) groups excluding carboxylic acids is 1. The van der Waals surface area contributed by atoms with Crippen LogP contribution in [0.1, 0.15) is 46.0 Å². The number of nitrogens with zero attached hydrogens (tertiary/aromatic N) is 2. The lowest BCUT2D eigenvalue weighted by molar-refractivity contribution is -0.120. The van der Waals surface area contributed by atoms with Gasteiger partial charge in [-0.15, -0.1) is 10.2 Å². The van der Waals surface area contributed by atoms with Crippen LogP contribution in [0, 0.1) is 0 Å². The summed E-state index contributed by atoms with van der Waals surface area (Å²) >= 11 is 2.97. The van der Waals surface area contributed by atoms with Crippen molar-refractivity contribution in [3.05, 3.63) is 0 Å². The highest BCUT2D eigenvalue weighted by Crippen LogP contribution is 2.29. The van der Waals surface area contributed by atoms with E-state index in [1.807, 2.05) is 13.8 Å². The zero-order valence-corrected chi connectivity index (χ0v) is 15.5. The van der Waals surface area contributed by atoms with E-state index in [2.05, 4.69) is 20.8 Å². The van der Waals surface area contributed by atoms with Gasteiger partial charge in [0.05, 0.1) is 5.25 Å². The number of ether oxygens (including phenoxy) is 1. The number of nitrogens with one attached hydrogen (secondary N) is 2. The number of hydrogen-bond acceptors (Lipinski definition) is 7. The SMILES string of the molecule is CCOCCCNc1nnc(SC(C)C(=O)NC2CCCC2)s1. The number of anilines is 1. The molecule has 0 aromatic carbocycles. The molecule has 0 aliphatic heterocycles. The third-order valence-corrected chi connectivity index (χ3v) is 5.77. The molecule has 0 radical (unpaired) electrons. The first-order chi connectivity index (χ1) is 11.2. The van der Waals surface area contributed by atoms with Crippen LogP contribution in [-0.2, 0) is 9.53 Å². The van der Waals surface area contributed by atoms with Crippen LogP contribution in [0.3, 0.4) is 0 Å². The van der Waals surface area contributed by atoms with Crippen molar-refractivity contribution in [2.24, 2.45) is 0 Å². The normalized spacial score (nSPS) is 16.4. The number of thioether (sulfide) groups is 1. The van der Waals surface area contributed by atoms with E-state index in [0.29, 0.717) is 6.04 Å². The molecule has 1 aliphatic carbocycles. The number of carbonyl (C=O) groups is 1. The molecule has 2 rings (SSSR count). The van der Waals surface area contributed by atoms with E-state index in [0.717, 1.165) is 48.5 Å². The Kier molecular flexibility index (Phi) is 8.11. The van der Waals surface area contributed by atoms with Crippen molar-refractivity contribution < 1.29 is 9.53 Å². The van der Waals surface area contributed by atoms with E-state index in [1.165, 1.54) is 35.9 Å². The summed E-state index contributed by atoms with van der Waals surface area (Å²) in [5, 5.41) is 15.3. The van der Waals surface area contributed by atoms with Crippen LogP contribution in [0.25, 0.3) is 0 Å². The van der Waals surface area contributed by atoms with Gasteiger partial charge in [0, 0.05) is 25.8 Å². The average molecular weight is 359 g/mol. The van der Waals surface area contributed by atoms with Gasteiger partial charge in [0.25, 0.3) is 0 Å². The van der Waals surface area contributed by atoms with Crippen LogP contribution in [0.4, 0.5) is 5.13 Å². The van der Waals surface area contributed by atoms with Gasteiger partial charge in [-0.25, -0.2) is 0 Å². The summed E-state index contributed by atoms with van der Waals surface area (Å²) in [6.07, 6.45) is 5.61. The lowest BCUT2D eigenvalue weighted by atomic mass is 10.2. The molecule has 1 aromatic heterocycles. The molecule has 1 fully saturated rings. The quantitative estimate of drug-likeness (QED) is 0.495. The molecule has 6 nitrogen and oxygen atoms in total. The predicted molar refractivity (Wildman–Crippen MR) is 95.2 cm³/mol. The van der Waals surface area contributed by atoms with Crippen molar-refractivity contribution >= 4 is 34.1 Å². The number of rotatable bonds is 10. The van der Waals surface area contributed by atoms with E-state index >= 15 is 0 Å². The van der Waals surface area contributed by atoms with Gasteiger partial charge in [0.15, 0.2) is 4.34 Å². The fourth-order valence-corrected chi connectivity index (χ4v) is 4.37. The topological polar surface area (TPSA) is 76.1 Å². The zero-order chi connectivity index (χ0) is 16.5. The van der Waals surface area contributed by atoms with E-state index < -0.39 is 0 Å². The minimum Gasteiger partial charge on any atom is -0.382 e. The van der Waals surface area contributed by atoms with Crippen LogP contribution in [0.5, 0.6) is 0 Å². The number of hydrogen-bond donors (Lipinski definition) is 2. The Morgan fingerprint density at radius 1 is 1.43 bits per heavy atom. The maximum Gasteiger partial charge on any atom is 0.233 e. The van der Waals surface area contributed by atoms with E-state index in [4.69, 9.17) is 4.74 Å². The third-order valence-electron chi connectivity index (χ3n) is 3.70. The molecule has 0 saturated heterocycles. The van der Waals surface area contributed by atoms with Crippen molar-refractivity contribution in [1.82, 2.24) is 15.5 Å². The maximum absolute atomic E-state index is 12.2. The molecule has 0 bridgehead atoms. The molecular weight excluding hydrogens is 332 g/mol. The van der Waals surface area contributed by atoms with Crippen molar-refractivity contribution in [3.63, 3.8) is 0 Å². The smallest absolute Gasteiger partial charge is 0.233 e. The van der Waals surface area contributed by atoms with Gasteiger partial charge in [-0.05, 0) is 33.1 Å². The Morgan fingerprint density at radius 2 is 2.22 bits per heavy atom. The summed E-state index contributed by atoms with van der Waals surface area (Å²) in [4.78, 5) is 12.2. The van der Waals surface area contributed by atoms with Gasteiger partial charge in [0.2, 0.25) is 11.0 Å². The first kappa shape index (κ1) is 18.5. The minimum absolute atomic E-state index is 0.100. The fraction of sp³-hybridized carbons (Fsp3) is 0.800.